The number of rotatable bonds is 3. The molecule has 0 amide bonds. The number of nitrogens with zero attached hydrogens (tertiary/aromatic N) is 3. The van der Waals surface area contributed by atoms with Gasteiger partial charge in [-0.3, -0.25) is 9.88 Å². The minimum atomic E-state index is 0.342. The molecule has 4 rings (SSSR count). The molecule has 1 saturated heterocycles. The minimum absolute atomic E-state index is 0.342. The van der Waals surface area contributed by atoms with E-state index < -0.39 is 0 Å². The van der Waals surface area contributed by atoms with E-state index in [0.29, 0.717) is 10.9 Å². The van der Waals surface area contributed by atoms with E-state index in [-0.39, 0.29) is 0 Å². The molecule has 0 bridgehead atoms. The number of halogens is 1. The lowest BCUT2D eigenvalue weighted by Crippen LogP contribution is -2.20. The summed E-state index contributed by atoms with van der Waals surface area (Å²) in [4.78, 5) is 11.4. The maximum Gasteiger partial charge on any atom is 0.199 e. The Balaban J connectivity index is 1.49. The highest BCUT2D eigenvalue weighted by molar-refractivity contribution is 6.31. The van der Waals surface area contributed by atoms with Crippen LogP contribution in [-0.4, -0.2) is 28.0 Å². The van der Waals surface area contributed by atoms with Gasteiger partial charge in [0.25, 0.3) is 0 Å². The zero-order valence-corrected chi connectivity index (χ0v) is 12.8. The lowest BCUT2D eigenvalue weighted by atomic mass is 10.1. The third-order valence-corrected chi connectivity index (χ3v) is 4.33. The van der Waals surface area contributed by atoms with Gasteiger partial charge < -0.3 is 4.42 Å². The summed E-state index contributed by atoms with van der Waals surface area (Å²) in [6.45, 7) is 2.88. The molecule has 1 aliphatic rings. The van der Waals surface area contributed by atoms with Gasteiger partial charge in [-0.25, -0.2) is 4.98 Å². The zero-order chi connectivity index (χ0) is 14.9. The van der Waals surface area contributed by atoms with E-state index in [1.165, 1.54) is 0 Å². The van der Waals surface area contributed by atoms with Crippen molar-refractivity contribution >= 4 is 22.7 Å². The van der Waals surface area contributed by atoms with Gasteiger partial charge in [0.2, 0.25) is 0 Å². The predicted octanol–water partition coefficient (Wildman–Crippen LogP) is 3.87. The molecular weight excluding hydrogens is 298 g/mol. The molecule has 0 radical (unpaired) electrons. The average Bonchev–Trinajstić information content (AvgIpc) is 3.14. The zero-order valence-electron chi connectivity index (χ0n) is 12.1. The van der Waals surface area contributed by atoms with Crippen molar-refractivity contribution in [2.24, 2.45) is 0 Å². The van der Waals surface area contributed by atoms with Crippen LogP contribution in [0.2, 0.25) is 5.02 Å². The minimum Gasteiger partial charge on any atom is -0.440 e. The SMILES string of the molecule is Clc1ccc2oc(C3CCN(Cc4ccccn4)C3)nc2c1. The molecule has 1 atom stereocenters. The van der Waals surface area contributed by atoms with Gasteiger partial charge in [0.15, 0.2) is 11.5 Å². The van der Waals surface area contributed by atoms with E-state index in [9.17, 15) is 0 Å². The largest absolute Gasteiger partial charge is 0.440 e. The summed E-state index contributed by atoms with van der Waals surface area (Å²) in [5.74, 6) is 1.16. The molecule has 0 aliphatic carbocycles. The van der Waals surface area contributed by atoms with Crippen LogP contribution in [0.3, 0.4) is 0 Å². The molecular formula is C17H16ClN3O. The molecule has 1 unspecified atom stereocenters. The van der Waals surface area contributed by atoms with E-state index in [2.05, 4.69) is 20.9 Å². The molecule has 0 N–H and O–H groups in total. The normalized spacial score (nSPS) is 19.0. The summed E-state index contributed by atoms with van der Waals surface area (Å²) < 4.78 is 5.89. The molecule has 112 valence electrons. The average molecular weight is 314 g/mol. The Morgan fingerprint density at radius 1 is 1.27 bits per heavy atom. The lowest BCUT2D eigenvalue weighted by molar-refractivity contribution is 0.317. The fourth-order valence-corrected chi connectivity index (χ4v) is 3.16. The maximum atomic E-state index is 6.00. The van der Waals surface area contributed by atoms with Crippen LogP contribution in [-0.2, 0) is 6.54 Å². The first-order valence-corrected chi connectivity index (χ1v) is 7.84. The van der Waals surface area contributed by atoms with Crippen LogP contribution in [0, 0.1) is 0 Å². The first-order valence-electron chi connectivity index (χ1n) is 7.46. The van der Waals surface area contributed by atoms with Gasteiger partial charge >= 0.3 is 0 Å². The Bertz CT molecular complexity index is 787. The Labute approximate surface area is 133 Å². The summed E-state index contributed by atoms with van der Waals surface area (Å²) in [6.07, 6.45) is 2.90. The van der Waals surface area contributed by atoms with Gasteiger partial charge in [-0.15, -0.1) is 0 Å². The van der Waals surface area contributed by atoms with E-state index in [0.717, 1.165) is 48.7 Å². The summed E-state index contributed by atoms with van der Waals surface area (Å²) in [7, 11) is 0. The van der Waals surface area contributed by atoms with Crippen molar-refractivity contribution in [3.8, 4) is 0 Å². The van der Waals surface area contributed by atoms with Crippen LogP contribution in [0.5, 0.6) is 0 Å². The Morgan fingerprint density at radius 3 is 3.09 bits per heavy atom. The van der Waals surface area contributed by atoms with Gasteiger partial charge in [0, 0.05) is 30.2 Å². The summed E-state index contributed by atoms with van der Waals surface area (Å²) in [6, 6.07) is 11.6. The number of likely N-dealkylation sites (tertiary alicyclic amines) is 1. The maximum absolute atomic E-state index is 6.00. The van der Waals surface area contributed by atoms with Crippen LogP contribution in [0.15, 0.2) is 47.0 Å². The molecule has 5 heteroatoms. The molecule has 1 aromatic carbocycles. The van der Waals surface area contributed by atoms with Crippen molar-refractivity contribution in [3.63, 3.8) is 0 Å². The van der Waals surface area contributed by atoms with Crippen molar-refractivity contribution in [2.45, 2.75) is 18.9 Å². The molecule has 3 heterocycles. The molecule has 22 heavy (non-hydrogen) atoms. The number of benzene rings is 1. The van der Waals surface area contributed by atoms with Gasteiger partial charge in [-0.1, -0.05) is 17.7 Å². The van der Waals surface area contributed by atoms with E-state index in [4.69, 9.17) is 16.0 Å². The van der Waals surface area contributed by atoms with Crippen molar-refractivity contribution in [1.29, 1.82) is 0 Å². The van der Waals surface area contributed by atoms with Crippen molar-refractivity contribution in [2.75, 3.05) is 13.1 Å². The summed E-state index contributed by atoms with van der Waals surface area (Å²) in [5.41, 5.74) is 2.75. The quantitative estimate of drug-likeness (QED) is 0.736. The predicted molar refractivity (Wildman–Crippen MR) is 85.9 cm³/mol. The number of hydrogen-bond donors (Lipinski definition) is 0. The second-order valence-electron chi connectivity index (χ2n) is 5.71. The summed E-state index contributed by atoms with van der Waals surface area (Å²) in [5, 5.41) is 0.690. The van der Waals surface area contributed by atoms with Crippen LogP contribution in [0.25, 0.3) is 11.1 Å². The van der Waals surface area contributed by atoms with Crippen molar-refractivity contribution in [3.05, 3.63) is 59.2 Å². The second kappa shape index (κ2) is 5.71. The van der Waals surface area contributed by atoms with E-state index in [1.54, 1.807) is 0 Å². The van der Waals surface area contributed by atoms with Crippen LogP contribution >= 0.6 is 11.6 Å². The summed E-state index contributed by atoms with van der Waals surface area (Å²) >= 11 is 6.00. The fraction of sp³-hybridized carbons (Fsp3) is 0.294. The monoisotopic (exact) mass is 313 g/mol. The standard InChI is InChI=1S/C17H16ClN3O/c18-13-4-5-16-15(9-13)20-17(22-16)12-6-8-21(10-12)11-14-3-1-2-7-19-14/h1-5,7,9,12H,6,8,10-11H2. The fourth-order valence-electron chi connectivity index (χ4n) is 2.99. The van der Waals surface area contributed by atoms with Crippen LogP contribution < -0.4 is 0 Å². The van der Waals surface area contributed by atoms with E-state index >= 15 is 0 Å². The van der Waals surface area contributed by atoms with Crippen LogP contribution in [0.1, 0.15) is 23.9 Å². The van der Waals surface area contributed by atoms with Gasteiger partial charge in [0.05, 0.1) is 5.69 Å². The first kappa shape index (κ1) is 13.7. The lowest BCUT2D eigenvalue weighted by Gasteiger charge is -2.14. The van der Waals surface area contributed by atoms with Gasteiger partial charge in [-0.2, -0.15) is 0 Å². The Morgan fingerprint density at radius 2 is 2.23 bits per heavy atom. The smallest absolute Gasteiger partial charge is 0.199 e. The number of hydrogen-bond acceptors (Lipinski definition) is 4. The van der Waals surface area contributed by atoms with Crippen molar-refractivity contribution < 1.29 is 4.42 Å². The molecule has 0 saturated carbocycles. The number of oxazole rings is 1. The molecule has 3 aromatic rings. The Kier molecular flexibility index (Phi) is 3.56. The second-order valence-corrected chi connectivity index (χ2v) is 6.14. The molecule has 2 aromatic heterocycles. The molecule has 0 spiro atoms. The van der Waals surface area contributed by atoms with Gasteiger partial charge in [0.1, 0.15) is 5.52 Å². The highest BCUT2D eigenvalue weighted by Gasteiger charge is 2.28. The number of fused-ring (bicyclic) bond motifs is 1. The Hall–Kier alpha value is -1.91. The molecule has 4 nitrogen and oxygen atoms in total. The first-order chi connectivity index (χ1) is 10.8. The highest BCUT2D eigenvalue weighted by Crippen LogP contribution is 2.30. The van der Waals surface area contributed by atoms with Crippen molar-refractivity contribution in [1.82, 2.24) is 14.9 Å². The third kappa shape index (κ3) is 2.72. The molecule has 1 fully saturated rings. The number of pyridine rings is 1. The third-order valence-electron chi connectivity index (χ3n) is 4.10. The molecule has 1 aliphatic heterocycles. The van der Waals surface area contributed by atoms with E-state index in [1.807, 2.05) is 36.5 Å². The topological polar surface area (TPSA) is 42.2 Å². The van der Waals surface area contributed by atoms with Crippen LogP contribution in [0.4, 0.5) is 0 Å². The number of aromatic nitrogens is 2. The highest BCUT2D eigenvalue weighted by atomic mass is 35.5. The van der Waals surface area contributed by atoms with Gasteiger partial charge in [-0.05, 0) is 43.3 Å².